The maximum absolute atomic E-state index is 13.0. The van der Waals surface area contributed by atoms with E-state index in [1.807, 2.05) is 40.1 Å². The van der Waals surface area contributed by atoms with Gasteiger partial charge in [0, 0.05) is 64.9 Å². The summed E-state index contributed by atoms with van der Waals surface area (Å²) in [7, 11) is 0. The zero-order chi connectivity index (χ0) is 21.8. The Morgan fingerprint density at radius 3 is 2.50 bits per heavy atom. The molecule has 0 radical (unpaired) electrons. The monoisotopic (exact) mass is 454 g/mol. The molecule has 1 aliphatic rings. The molecule has 0 spiro atoms. The molecule has 168 valence electrons. The van der Waals surface area contributed by atoms with Crippen molar-refractivity contribution in [3.05, 3.63) is 66.4 Å². The SMILES string of the molecule is CSc1cn(-c2ncc(C(/C=C\N)=C/N)cn2)c2cc(C(=O)N3CCOCC3)ccc12.O. The van der Waals surface area contributed by atoms with E-state index >= 15 is 0 Å². The second-order valence-electron chi connectivity index (χ2n) is 6.96. The lowest BCUT2D eigenvalue weighted by molar-refractivity contribution is 0.0303. The smallest absolute Gasteiger partial charge is 0.254 e. The maximum atomic E-state index is 13.0. The first-order chi connectivity index (χ1) is 15.2. The number of hydrogen-bond acceptors (Lipinski definition) is 7. The van der Waals surface area contributed by atoms with Crippen LogP contribution >= 0.6 is 11.8 Å². The molecule has 6 N–H and O–H groups in total. The summed E-state index contributed by atoms with van der Waals surface area (Å²) in [6, 6.07) is 5.78. The Bertz CT molecular complexity index is 1150. The van der Waals surface area contributed by atoms with Crippen LogP contribution in [-0.4, -0.2) is 63.4 Å². The first-order valence-corrected chi connectivity index (χ1v) is 11.1. The number of ether oxygens (including phenoxy) is 1. The first-order valence-electron chi connectivity index (χ1n) is 9.85. The van der Waals surface area contributed by atoms with E-state index in [1.54, 1.807) is 30.2 Å². The molecule has 3 aromatic rings. The number of fused-ring (bicyclic) bond motifs is 1. The third-order valence-electron chi connectivity index (χ3n) is 5.18. The number of carbonyl (C=O) groups excluding carboxylic acids is 1. The van der Waals surface area contributed by atoms with E-state index < -0.39 is 0 Å². The third-order valence-corrected chi connectivity index (χ3v) is 5.94. The summed E-state index contributed by atoms with van der Waals surface area (Å²) in [6.45, 7) is 2.35. The number of aromatic nitrogens is 3. The van der Waals surface area contributed by atoms with Crippen LogP contribution in [0, 0.1) is 0 Å². The molecule has 1 amide bonds. The fourth-order valence-corrected chi connectivity index (χ4v) is 4.16. The van der Waals surface area contributed by atoms with Gasteiger partial charge in [0.25, 0.3) is 5.91 Å². The first kappa shape index (κ1) is 23.3. The van der Waals surface area contributed by atoms with E-state index in [0.29, 0.717) is 37.8 Å². The number of thioether (sulfide) groups is 1. The molecule has 2 aromatic heterocycles. The van der Waals surface area contributed by atoms with Crippen LogP contribution in [-0.2, 0) is 4.74 Å². The highest BCUT2D eigenvalue weighted by Crippen LogP contribution is 2.31. The fraction of sp³-hybridized carbons (Fsp3) is 0.227. The second-order valence-corrected chi connectivity index (χ2v) is 7.80. The van der Waals surface area contributed by atoms with Crippen molar-refractivity contribution in [1.29, 1.82) is 0 Å². The molecule has 1 aromatic carbocycles. The summed E-state index contributed by atoms with van der Waals surface area (Å²) < 4.78 is 7.27. The Balaban J connectivity index is 0.00000289. The van der Waals surface area contributed by atoms with Gasteiger partial charge in [0.15, 0.2) is 0 Å². The van der Waals surface area contributed by atoms with Gasteiger partial charge in [0.2, 0.25) is 5.95 Å². The summed E-state index contributed by atoms with van der Waals surface area (Å²) in [5.74, 6) is 0.518. The zero-order valence-electron chi connectivity index (χ0n) is 17.7. The number of nitrogens with zero attached hydrogens (tertiary/aromatic N) is 4. The van der Waals surface area contributed by atoms with E-state index in [9.17, 15) is 4.79 Å². The number of benzene rings is 1. The van der Waals surface area contributed by atoms with Gasteiger partial charge < -0.3 is 26.6 Å². The molecule has 0 saturated carbocycles. The number of hydrogen-bond donors (Lipinski definition) is 2. The molecule has 9 nitrogen and oxygen atoms in total. The van der Waals surface area contributed by atoms with Gasteiger partial charge in [-0.2, -0.15) is 0 Å². The van der Waals surface area contributed by atoms with Crippen molar-refractivity contribution >= 4 is 34.1 Å². The normalized spacial score (nSPS) is 14.7. The highest BCUT2D eigenvalue weighted by molar-refractivity contribution is 7.98. The van der Waals surface area contributed by atoms with Gasteiger partial charge in [0.05, 0.1) is 18.7 Å². The second kappa shape index (κ2) is 10.3. The molecular formula is C22H26N6O3S. The molecule has 4 rings (SSSR count). The van der Waals surface area contributed by atoms with E-state index in [1.165, 1.54) is 12.4 Å². The largest absolute Gasteiger partial charge is 0.412 e. The van der Waals surface area contributed by atoms with Crippen LogP contribution in [0.15, 0.2) is 60.2 Å². The van der Waals surface area contributed by atoms with Gasteiger partial charge in [-0.05, 0) is 30.7 Å². The van der Waals surface area contributed by atoms with Crippen LogP contribution in [0.25, 0.3) is 22.4 Å². The quantitative estimate of drug-likeness (QED) is 0.440. The lowest BCUT2D eigenvalue weighted by Gasteiger charge is -2.26. The predicted molar refractivity (Wildman–Crippen MR) is 126 cm³/mol. The molecule has 1 fully saturated rings. The number of nitrogens with two attached hydrogens (primary N) is 2. The van der Waals surface area contributed by atoms with Crippen LogP contribution in [0.5, 0.6) is 0 Å². The molecule has 3 heterocycles. The van der Waals surface area contributed by atoms with E-state index in [2.05, 4.69) is 9.97 Å². The van der Waals surface area contributed by atoms with Crippen LogP contribution in [0.4, 0.5) is 0 Å². The summed E-state index contributed by atoms with van der Waals surface area (Å²) in [5.41, 5.74) is 14.2. The van der Waals surface area contributed by atoms with Gasteiger partial charge in [-0.15, -0.1) is 11.8 Å². The predicted octanol–water partition coefficient (Wildman–Crippen LogP) is 1.56. The Kier molecular flexibility index (Phi) is 7.52. The van der Waals surface area contributed by atoms with Crippen molar-refractivity contribution in [2.24, 2.45) is 11.5 Å². The fourth-order valence-electron chi connectivity index (χ4n) is 3.55. The van der Waals surface area contributed by atoms with Crippen LogP contribution in [0.2, 0.25) is 0 Å². The molecule has 1 aliphatic heterocycles. The zero-order valence-corrected chi connectivity index (χ0v) is 18.5. The summed E-state index contributed by atoms with van der Waals surface area (Å²) >= 11 is 1.64. The maximum Gasteiger partial charge on any atom is 0.254 e. The Hall–Kier alpha value is -3.34. The molecular weight excluding hydrogens is 428 g/mol. The van der Waals surface area contributed by atoms with Crippen LogP contribution in [0.1, 0.15) is 15.9 Å². The van der Waals surface area contributed by atoms with Crippen molar-refractivity contribution in [3.8, 4) is 5.95 Å². The lowest BCUT2D eigenvalue weighted by Crippen LogP contribution is -2.40. The van der Waals surface area contributed by atoms with Gasteiger partial charge in [-0.25, -0.2) is 9.97 Å². The topological polar surface area (TPSA) is 144 Å². The van der Waals surface area contributed by atoms with Gasteiger partial charge in [-0.1, -0.05) is 6.07 Å². The Morgan fingerprint density at radius 1 is 1.16 bits per heavy atom. The average Bonchev–Trinajstić information content (AvgIpc) is 3.20. The number of amides is 1. The third kappa shape index (κ3) is 4.47. The molecule has 0 unspecified atom stereocenters. The minimum absolute atomic E-state index is 0. The molecule has 1 saturated heterocycles. The summed E-state index contributed by atoms with van der Waals surface area (Å²) in [4.78, 5) is 24.9. The van der Waals surface area contributed by atoms with Crippen LogP contribution in [0.3, 0.4) is 0 Å². The summed E-state index contributed by atoms with van der Waals surface area (Å²) in [6.07, 6.45) is 12.0. The standard InChI is InChI=1S/C22H24N6O2S.H2O/c1-31-20-14-28(22-25-12-17(13-26-22)16(11-24)4-5-23)19-10-15(2-3-18(19)20)21(29)27-6-8-30-9-7-27;/h2-5,10-14H,6-9,23-24H2,1H3;1H2/b5-4-,16-11+;. The molecule has 0 bridgehead atoms. The van der Waals surface area contributed by atoms with Crippen molar-refractivity contribution in [2.45, 2.75) is 4.90 Å². The lowest BCUT2D eigenvalue weighted by atomic mass is 10.1. The molecule has 0 aliphatic carbocycles. The van der Waals surface area contributed by atoms with Crippen molar-refractivity contribution < 1.29 is 15.0 Å². The Labute approximate surface area is 190 Å². The van der Waals surface area contributed by atoms with Gasteiger partial charge in [-0.3, -0.25) is 9.36 Å². The molecule has 10 heteroatoms. The van der Waals surface area contributed by atoms with E-state index in [-0.39, 0.29) is 11.4 Å². The van der Waals surface area contributed by atoms with Gasteiger partial charge in [0.1, 0.15) is 0 Å². The average molecular weight is 455 g/mol. The van der Waals surface area contributed by atoms with E-state index in [0.717, 1.165) is 26.9 Å². The Morgan fingerprint density at radius 2 is 1.88 bits per heavy atom. The number of carbonyl (C=O) groups is 1. The summed E-state index contributed by atoms with van der Waals surface area (Å²) in [5, 5.41) is 1.05. The van der Waals surface area contributed by atoms with Crippen molar-refractivity contribution in [2.75, 3.05) is 32.6 Å². The minimum atomic E-state index is 0. The van der Waals surface area contributed by atoms with Crippen molar-refractivity contribution in [3.63, 3.8) is 0 Å². The van der Waals surface area contributed by atoms with Crippen molar-refractivity contribution in [1.82, 2.24) is 19.4 Å². The molecule has 32 heavy (non-hydrogen) atoms. The van der Waals surface area contributed by atoms with E-state index in [4.69, 9.17) is 16.2 Å². The number of allylic oxidation sites excluding steroid dienone is 2. The number of rotatable bonds is 5. The molecule has 0 atom stereocenters. The number of morpholine rings is 1. The van der Waals surface area contributed by atoms with Crippen LogP contribution < -0.4 is 11.5 Å². The highest BCUT2D eigenvalue weighted by Gasteiger charge is 2.20. The minimum Gasteiger partial charge on any atom is -0.412 e. The van der Waals surface area contributed by atoms with Gasteiger partial charge >= 0.3 is 0 Å². The highest BCUT2D eigenvalue weighted by atomic mass is 32.2.